The van der Waals surface area contributed by atoms with Crippen LogP contribution in [0.15, 0.2) is 12.3 Å². The Labute approximate surface area is 97.8 Å². The third kappa shape index (κ3) is 5.34. The van der Waals surface area contributed by atoms with Gasteiger partial charge in [0.1, 0.15) is 0 Å². The normalized spacial score (nSPS) is 7.88. The Bertz CT molecular complexity index is 312. The predicted octanol–water partition coefficient (Wildman–Crippen LogP) is 2.55. The Morgan fingerprint density at radius 3 is 2.19 bits per heavy atom. The summed E-state index contributed by atoms with van der Waals surface area (Å²) in [6.45, 7) is 9.77. The fraction of sp³-hybridized carbons (Fsp3) is 0.500. The van der Waals surface area contributed by atoms with E-state index in [2.05, 4.69) is 4.98 Å². The lowest BCUT2D eigenvalue weighted by Gasteiger charge is -2.02. The molecular weight excluding hydrogens is 204 g/mol. The SMILES string of the molecule is CC.CC.COc1cc(C(N)=O)c(C)cn1. The number of nitrogens with zero attached hydrogens (tertiary/aromatic N) is 1. The van der Waals surface area contributed by atoms with Crippen molar-refractivity contribution in [3.8, 4) is 5.88 Å². The lowest BCUT2D eigenvalue weighted by molar-refractivity contribution is 0.0999. The maximum Gasteiger partial charge on any atom is 0.249 e. The van der Waals surface area contributed by atoms with E-state index < -0.39 is 5.91 Å². The molecule has 0 aliphatic carbocycles. The Hall–Kier alpha value is -1.58. The highest BCUT2D eigenvalue weighted by molar-refractivity contribution is 5.94. The highest BCUT2D eigenvalue weighted by Gasteiger charge is 2.06. The molecule has 0 fully saturated rings. The van der Waals surface area contributed by atoms with Crippen molar-refractivity contribution in [1.29, 1.82) is 0 Å². The van der Waals surface area contributed by atoms with Gasteiger partial charge in [-0.3, -0.25) is 4.79 Å². The smallest absolute Gasteiger partial charge is 0.249 e. The van der Waals surface area contributed by atoms with E-state index in [-0.39, 0.29) is 0 Å². The van der Waals surface area contributed by atoms with E-state index in [1.54, 1.807) is 13.1 Å². The van der Waals surface area contributed by atoms with Crippen LogP contribution in [0.25, 0.3) is 0 Å². The summed E-state index contributed by atoms with van der Waals surface area (Å²) in [4.78, 5) is 14.7. The van der Waals surface area contributed by atoms with Gasteiger partial charge in [0.2, 0.25) is 11.8 Å². The second-order valence-corrected chi connectivity index (χ2v) is 2.41. The number of primary amides is 1. The number of rotatable bonds is 2. The number of carbonyl (C=O) groups excluding carboxylic acids is 1. The number of methoxy groups -OCH3 is 1. The van der Waals surface area contributed by atoms with Gasteiger partial charge in [0.25, 0.3) is 0 Å². The largest absolute Gasteiger partial charge is 0.481 e. The molecule has 16 heavy (non-hydrogen) atoms. The van der Waals surface area contributed by atoms with Crippen LogP contribution >= 0.6 is 0 Å². The summed E-state index contributed by atoms with van der Waals surface area (Å²) < 4.78 is 4.84. The number of aryl methyl sites for hydroxylation is 1. The van der Waals surface area contributed by atoms with Gasteiger partial charge in [-0.15, -0.1) is 0 Å². The van der Waals surface area contributed by atoms with Crippen LogP contribution in [-0.4, -0.2) is 18.0 Å². The lowest BCUT2D eigenvalue weighted by atomic mass is 10.1. The van der Waals surface area contributed by atoms with Crippen LogP contribution < -0.4 is 10.5 Å². The van der Waals surface area contributed by atoms with Gasteiger partial charge >= 0.3 is 0 Å². The monoisotopic (exact) mass is 226 g/mol. The summed E-state index contributed by atoms with van der Waals surface area (Å²) in [5.74, 6) is -0.0670. The van der Waals surface area contributed by atoms with Gasteiger partial charge in [-0.2, -0.15) is 0 Å². The molecule has 0 aliphatic rings. The number of amides is 1. The number of hydrogen-bond acceptors (Lipinski definition) is 3. The van der Waals surface area contributed by atoms with Crippen molar-refractivity contribution in [2.45, 2.75) is 34.6 Å². The Morgan fingerprint density at radius 1 is 1.31 bits per heavy atom. The number of hydrogen-bond donors (Lipinski definition) is 1. The number of carbonyl (C=O) groups is 1. The van der Waals surface area contributed by atoms with Crippen molar-refractivity contribution < 1.29 is 9.53 Å². The minimum atomic E-state index is -0.465. The van der Waals surface area contributed by atoms with Gasteiger partial charge < -0.3 is 10.5 Å². The van der Waals surface area contributed by atoms with Crippen LogP contribution in [0, 0.1) is 6.92 Å². The van der Waals surface area contributed by atoms with Crippen molar-refractivity contribution in [3.63, 3.8) is 0 Å². The number of ether oxygens (including phenoxy) is 1. The summed E-state index contributed by atoms with van der Waals surface area (Å²) in [5.41, 5.74) is 6.32. The van der Waals surface area contributed by atoms with Crippen molar-refractivity contribution in [3.05, 3.63) is 23.4 Å². The molecule has 0 aliphatic heterocycles. The summed E-state index contributed by atoms with van der Waals surface area (Å²) in [6, 6.07) is 1.53. The standard InChI is InChI=1S/C8H10N2O2.2C2H6/c1-5-4-10-7(12-2)3-6(5)8(9)11;2*1-2/h3-4H,1-2H3,(H2,9,11);2*1-2H3. The molecule has 92 valence electrons. The Balaban J connectivity index is 0. The number of pyridine rings is 1. The molecule has 0 aromatic carbocycles. The van der Waals surface area contributed by atoms with Gasteiger partial charge in [0.05, 0.1) is 7.11 Å². The molecule has 0 saturated heterocycles. The maximum absolute atomic E-state index is 10.8. The zero-order valence-electron chi connectivity index (χ0n) is 11.0. The fourth-order valence-electron chi connectivity index (χ4n) is 0.882. The van der Waals surface area contributed by atoms with E-state index in [1.807, 2.05) is 27.7 Å². The first-order chi connectivity index (χ1) is 7.65. The summed E-state index contributed by atoms with van der Waals surface area (Å²) in [5, 5.41) is 0. The second kappa shape index (κ2) is 9.96. The van der Waals surface area contributed by atoms with Crippen LogP contribution in [0.4, 0.5) is 0 Å². The third-order valence-corrected chi connectivity index (χ3v) is 1.55. The molecule has 0 spiro atoms. The maximum atomic E-state index is 10.8. The van der Waals surface area contributed by atoms with E-state index in [0.29, 0.717) is 11.4 Å². The Kier molecular flexibility index (Phi) is 10.5. The molecule has 2 N–H and O–H groups in total. The zero-order valence-corrected chi connectivity index (χ0v) is 11.0. The fourth-order valence-corrected chi connectivity index (χ4v) is 0.882. The van der Waals surface area contributed by atoms with Crippen molar-refractivity contribution in [1.82, 2.24) is 4.98 Å². The highest BCUT2D eigenvalue weighted by atomic mass is 16.5. The highest BCUT2D eigenvalue weighted by Crippen LogP contribution is 2.12. The first kappa shape index (κ1) is 16.8. The topological polar surface area (TPSA) is 65.2 Å². The van der Waals surface area contributed by atoms with E-state index in [0.717, 1.165) is 5.56 Å². The van der Waals surface area contributed by atoms with Crippen LogP contribution in [-0.2, 0) is 0 Å². The minimum absolute atomic E-state index is 0.398. The average Bonchev–Trinajstić information content (AvgIpc) is 2.34. The van der Waals surface area contributed by atoms with Gasteiger partial charge in [0.15, 0.2) is 0 Å². The van der Waals surface area contributed by atoms with Crippen molar-refractivity contribution >= 4 is 5.91 Å². The van der Waals surface area contributed by atoms with Gasteiger partial charge in [-0.05, 0) is 12.5 Å². The average molecular weight is 226 g/mol. The molecular formula is C12H22N2O2. The molecule has 1 amide bonds. The number of nitrogens with two attached hydrogens (primary N) is 1. The van der Waals surface area contributed by atoms with Gasteiger partial charge in [-0.25, -0.2) is 4.98 Å². The second-order valence-electron chi connectivity index (χ2n) is 2.41. The molecule has 0 radical (unpaired) electrons. The van der Waals surface area contributed by atoms with Crippen molar-refractivity contribution in [2.24, 2.45) is 5.73 Å². The minimum Gasteiger partial charge on any atom is -0.481 e. The van der Waals surface area contributed by atoms with Crippen LogP contribution in [0.5, 0.6) is 5.88 Å². The summed E-state index contributed by atoms with van der Waals surface area (Å²) >= 11 is 0. The quantitative estimate of drug-likeness (QED) is 0.842. The molecule has 0 bridgehead atoms. The van der Waals surface area contributed by atoms with Gasteiger partial charge in [-0.1, -0.05) is 27.7 Å². The molecule has 0 saturated carbocycles. The van der Waals surface area contributed by atoms with Gasteiger partial charge in [0, 0.05) is 17.8 Å². The van der Waals surface area contributed by atoms with Crippen molar-refractivity contribution in [2.75, 3.05) is 7.11 Å². The lowest BCUT2D eigenvalue weighted by Crippen LogP contribution is -2.13. The molecule has 4 heteroatoms. The third-order valence-electron chi connectivity index (χ3n) is 1.55. The van der Waals surface area contributed by atoms with Crippen LogP contribution in [0.3, 0.4) is 0 Å². The first-order valence-corrected chi connectivity index (χ1v) is 5.45. The first-order valence-electron chi connectivity index (χ1n) is 5.45. The number of aromatic nitrogens is 1. The van der Waals surface area contributed by atoms with Crippen LogP contribution in [0.2, 0.25) is 0 Å². The summed E-state index contributed by atoms with van der Waals surface area (Å²) in [7, 11) is 1.49. The van der Waals surface area contributed by atoms with E-state index in [9.17, 15) is 4.79 Å². The molecule has 1 rings (SSSR count). The molecule has 1 aromatic rings. The molecule has 0 unspecified atom stereocenters. The van der Waals surface area contributed by atoms with E-state index in [1.165, 1.54) is 13.2 Å². The molecule has 4 nitrogen and oxygen atoms in total. The van der Waals surface area contributed by atoms with Crippen LogP contribution in [0.1, 0.15) is 43.6 Å². The molecule has 1 aromatic heterocycles. The Morgan fingerprint density at radius 2 is 1.81 bits per heavy atom. The predicted molar refractivity (Wildman–Crippen MR) is 66.7 cm³/mol. The van der Waals surface area contributed by atoms with E-state index >= 15 is 0 Å². The van der Waals surface area contributed by atoms with E-state index in [4.69, 9.17) is 10.5 Å². The molecule has 0 atom stereocenters. The molecule has 1 heterocycles. The summed E-state index contributed by atoms with van der Waals surface area (Å²) in [6.07, 6.45) is 1.55. The zero-order chi connectivity index (χ0) is 13.1.